The van der Waals surface area contributed by atoms with Crippen molar-refractivity contribution in [3.63, 3.8) is 0 Å². The van der Waals surface area contributed by atoms with Gasteiger partial charge in [-0.05, 0) is 66.9 Å². The molecule has 3 nitrogen and oxygen atoms in total. The molecule has 2 aromatic rings. The summed E-state index contributed by atoms with van der Waals surface area (Å²) in [5.74, 6) is -0.940. The number of rotatable bonds is 3. The first kappa shape index (κ1) is 16.6. The van der Waals surface area contributed by atoms with Crippen LogP contribution in [0.3, 0.4) is 0 Å². The molecule has 0 spiro atoms. The van der Waals surface area contributed by atoms with Crippen LogP contribution in [0.5, 0.6) is 5.75 Å². The van der Waals surface area contributed by atoms with Crippen LogP contribution < -0.4 is 15.4 Å². The van der Waals surface area contributed by atoms with Crippen molar-refractivity contribution in [1.82, 2.24) is 5.32 Å². The van der Waals surface area contributed by atoms with Crippen molar-refractivity contribution in [3.8, 4) is 5.75 Å². The van der Waals surface area contributed by atoms with Crippen LogP contribution >= 0.6 is 12.2 Å². The molecule has 0 radical (unpaired) electrons. The maximum absolute atomic E-state index is 13.3. The van der Waals surface area contributed by atoms with E-state index in [1.54, 1.807) is 7.11 Å². The molecule has 3 rings (SSSR count). The first-order valence-electron chi connectivity index (χ1n) is 7.76. The molecule has 0 amide bonds. The first-order valence-corrected chi connectivity index (χ1v) is 8.17. The van der Waals surface area contributed by atoms with E-state index in [9.17, 15) is 8.78 Å². The normalized spacial score (nSPS) is 16.2. The molecular weight excluding hydrogens is 330 g/mol. The van der Waals surface area contributed by atoms with Gasteiger partial charge in [-0.1, -0.05) is 6.07 Å². The third-order valence-corrected chi connectivity index (χ3v) is 4.37. The standard InChI is InChI=1S/C18H18F2N2OS/c1-23-13-6-7-14-11(9-13)3-2-4-17(14)22-18(24)21-12-5-8-15(19)16(20)10-12/h5-10,17H,2-4H2,1H3,(H2,21,22,24). The maximum atomic E-state index is 13.3. The van der Waals surface area contributed by atoms with Crippen molar-refractivity contribution in [1.29, 1.82) is 0 Å². The van der Waals surface area contributed by atoms with Crippen LogP contribution in [0.25, 0.3) is 0 Å². The summed E-state index contributed by atoms with van der Waals surface area (Å²) in [5, 5.41) is 6.54. The zero-order chi connectivity index (χ0) is 17.1. The second-order valence-corrected chi connectivity index (χ2v) is 6.15. The van der Waals surface area contributed by atoms with Gasteiger partial charge in [0, 0.05) is 11.8 Å². The molecular formula is C18H18F2N2OS. The minimum absolute atomic E-state index is 0.0879. The van der Waals surface area contributed by atoms with Crippen molar-refractivity contribution < 1.29 is 13.5 Å². The number of anilines is 1. The van der Waals surface area contributed by atoms with E-state index in [-0.39, 0.29) is 6.04 Å². The average Bonchev–Trinajstić information content (AvgIpc) is 2.58. The predicted molar refractivity (Wildman–Crippen MR) is 94.4 cm³/mol. The largest absolute Gasteiger partial charge is 0.497 e. The van der Waals surface area contributed by atoms with Gasteiger partial charge in [-0.25, -0.2) is 8.78 Å². The molecule has 1 aliphatic rings. The average molecular weight is 348 g/mol. The molecule has 0 saturated carbocycles. The zero-order valence-corrected chi connectivity index (χ0v) is 14.1. The summed E-state index contributed by atoms with van der Waals surface area (Å²) in [6, 6.07) is 9.73. The zero-order valence-electron chi connectivity index (χ0n) is 13.2. The number of ether oxygens (including phenoxy) is 1. The smallest absolute Gasteiger partial charge is 0.171 e. The highest BCUT2D eigenvalue weighted by molar-refractivity contribution is 7.80. The molecule has 1 atom stereocenters. The highest BCUT2D eigenvalue weighted by Crippen LogP contribution is 2.32. The number of aryl methyl sites for hydroxylation is 1. The second-order valence-electron chi connectivity index (χ2n) is 5.74. The second kappa shape index (κ2) is 7.13. The Morgan fingerprint density at radius 3 is 2.75 bits per heavy atom. The minimum atomic E-state index is -0.905. The van der Waals surface area contributed by atoms with Crippen molar-refractivity contribution in [2.75, 3.05) is 12.4 Å². The molecule has 1 unspecified atom stereocenters. The third kappa shape index (κ3) is 3.64. The van der Waals surface area contributed by atoms with Gasteiger partial charge in [-0.2, -0.15) is 0 Å². The lowest BCUT2D eigenvalue weighted by atomic mass is 9.87. The topological polar surface area (TPSA) is 33.3 Å². The number of fused-ring (bicyclic) bond motifs is 1. The number of thiocarbonyl (C=S) groups is 1. The van der Waals surface area contributed by atoms with E-state index in [0.29, 0.717) is 10.8 Å². The van der Waals surface area contributed by atoms with E-state index in [1.165, 1.54) is 17.2 Å². The molecule has 1 aliphatic carbocycles. The van der Waals surface area contributed by atoms with Crippen molar-refractivity contribution >= 4 is 23.0 Å². The summed E-state index contributed by atoms with van der Waals surface area (Å²) in [4.78, 5) is 0. The molecule has 2 aromatic carbocycles. The molecule has 24 heavy (non-hydrogen) atoms. The fourth-order valence-corrected chi connectivity index (χ4v) is 3.23. The Balaban J connectivity index is 1.70. The Bertz CT molecular complexity index is 767. The quantitative estimate of drug-likeness (QED) is 0.809. The Morgan fingerprint density at radius 2 is 2.00 bits per heavy atom. The number of hydrogen-bond donors (Lipinski definition) is 2. The Hall–Kier alpha value is -2.21. The molecule has 0 aliphatic heterocycles. The van der Waals surface area contributed by atoms with E-state index in [1.807, 2.05) is 12.1 Å². The van der Waals surface area contributed by atoms with Crippen LogP contribution in [0.2, 0.25) is 0 Å². The number of methoxy groups -OCH3 is 1. The van der Waals surface area contributed by atoms with Crippen LogP contribution in [-0.4, -0.2) is 12.2 Å². The van der Waals surface area contributed by atoms with E-state index >= 15 is 0 Å². The van der Waals surface area contributed by atoms with Gasteiger partial charge in [0.05, 0.1) is 13.2 Å². The number of benzene rings is 2. The summed E-state index contributed by atoms with van der Waals surface area (Å²) >= 11 is 5.31. The molecule has 0 heterocycles. The summed E-state index contributed by atoms with van der Waals surface area (Å²) in [6.07, 6.45) is 3.01. The summed E-state index contributed by atoms with van der Waals surface area (Å²) in [5.41, 5.74) is 2.85. The Labute approximate surface area is 145 Å². The van der Waals surface area contributed by atoms with E-state index in [4.69, 9.17) is 17.0 Å². The monoisotopic (exact) mass is 348 g/mol. The predicted octanol–water partition coefficient (Wildman–Crippen LogP) is 4.34. The van der Waals surface area contributed by atoms with Crippen LogP contribution in [-0.2, 0) is 6.42 Å². The number of halogens is 2. The third-order valence-electron chi connectivity index (χ3n) is 4.15. The highest BCUT2D eigenvalue weighted by atomic mass is 32.1. The van der Waals surface area contributed by atoms with E-state index in [0.717, 1.165) is 37.1 Å². The highest BCUT2D eigenvalue weighted by Gasteiger charge is 2.21. The van der Waals surface area contributed by atoms with Gasteiger partial charge >= 0.3 is 0 Å². The minimum Gasteiger partial charge on any atom is -0.497 e. The molecule has 126 valence electrons. The summed E-state index contributed by atoms with van der Waals surface area (Å²) in [6.45, 7) is 0. The van der Waals surface area contributed by atoms with E-state index < -0.39 is 11.6 Å². The Kier molecular flexibility index (Phi) is 4.94. The fourth-order valence-electron chi connectivity index (χ4n) is 2.97. The molecule has 0 bridgehead atoms. The molecule has 0 fully saturated rings. The van der Waals surface area contributed by atoms with Gasteiger partial charge in [0.2, 0.25) is 0 Å². The SMILES string of the molecule is COc1ccc2c(c1)CCCC2NC(=S)Nc1ccc(F)c(F)c1. The van der Waals surface area contributed by atoms with Crippen molar-refractivity contribution in [2.24, 2.45) is 0 Å². The molecule has 0 saturated heterocycles. The van der Waals surface area contributed by atoms with Crippen LogP contribution in [0.1, 0.15) is 30.0 Å². The molecule has 2 N–H and O–H groups in total. The summed E-state index contributed by atoms with van der Waals surface area (Å²) < 4.78 is 31.5. The molecule has 6 heteroatoms. The lowest BCUT2D eigenvalue weighted by Crippen LogP contribution is -2.34. The number of nitrogens with one attached hydrogen (secondary N) is 2. The van der Waals surface area contributed by atoms with Gasteiger partial charge in [0.1, 0.15) is 5.75 Å². The molecule has 0 aromatic heterocycles. The fraction of sp³-hybridized carbons (Fsp3) is 0.278. The first-order chi connectivity index (χ1) is 11.6. The van der Waals surface area contributed by atoms with Crippen LogP contribution in [0.4, 0.5) is 14.5 Å². The lowest BCUT2D eigenvalue weighted by molar-refractivity contribution is 0.412. The van der Waals surface area contributed by atoms with Gasteiger partial charge in [-0.15, -0.1) is 0 Å². The van der Waals surface area contributed by atoms with Crippen molar-refractivity contribution in [3.05, 3.63) is 59.2 Å². The van der Waals surface area contributed by atoms with Gasteiger partial charge < -0.3 is 15.4 Å². The van der Waals surface area contributed by atoms with Crippen LogP contribution in [0.15, 0.2) is 36.4 Å². The van der Waals surface area contributed by atoms with Gasteiger partial charge in [0.25, 0.3) is 0 Å². The van der Waals surface area contributed by atoms with Gasteiger partial charge in [-0.3, -0.25) is 0 Å². The van der Waals surface area contributed by atoms with E-state index in [2.05, 4.69) is 16.7 Å². The maximum Gasteiger partial charge on any atom is 0.171 e. The lowest BCUT2D eigenvalue weighted by Gasteiger charge is -2.28. The van der Waals surface area contributed by atoms with Gasteiger partial charge in [0.15, 0.2) is 16.7 Å². The number of hydrogen-bond acceptors (Lipinski definition) is 2. The van der Waals surface area contributed by atoms with Crippen LogP contribution in [0, 0.1) is 11.6 Å². The summed E-state index contributed by atoms with van der Waals surface area (Å²) in [7, 11) is 1.65. The van der Waals surface area contributed by atoms with Crippen molar-refractivity contribution in [2.45, 2.75) is 25.3 Å². The Morgan fingerprint density at radius 1 is 1.17 bits per heavy atom.